The Morgan fingerprint density at radius 2 is 2.31 bits per heavy atom. The third-order valence-corrected chi connectivity index (χ3v) is 1.98. The molecule has 4 nitrogen and oxygen atoms in total. The highest BCUT2D eigenvalue weighted by atomic mass is 19.1. The maximum absolute atomic E-state index is 12.8. The Morgan fingerprint density at radius 1 is 1.56 bits per heavy atom. The van der Waals surface area contributed by atoms with E-state index in [9.17, 15) is 9.18 Å². The van der Waals surface area contributed by atoms with E-state index in [1.54, 1.807) is 0 Å². The normalized spacial score (nSPS) is 10.1. The minimum Gasteiger partial charge on any atom is -0.478 e. The van der Waals surface area contributed by atoms with Crippen LogP contribution in [0.3, 0.4) is 0 Å². The molecule has 0 bridgehead atoms. The third kappa shape index (κ3) is 3.51. The molecule has 0 aromatic heterocycles. The molecule has 16 heavy (non-hydrogen) atoms. The Morgan fingerprint density at radius 3 is 2.94 bits per heavy atom. The largest absolute Gasteiger partial charge is 0.478 e. The maximum Gasteiger partial charge on any atom is 0.337 e. The van der Waals surface area contributed by atoms with Crippen molar-refractivity contribution in [3.05, 3.63) is 29.6 Å². The van der Waals surface area contributed by atoms with E-state index in [-0.39, 0.29) is 5.56 Å². The van der Waals surface area contributed by atoms with Crippen molar-refractivity contribution in [3.8, 4) is 0 Å². The fourth-order valence-electron chi connectivity index (χ4n) is 1.25. The molecule has 0 aliphatic heterocycles. The van der Waals surface area contributed by atoms with Crippen LogP contribution in [0.2, 0.25) is 0 Å². The van der Waals surface area contributed by atoms with Gasteiger partial charge in [0.1, 0.15) is 5.82 Å². The predicted octanol–water partition coefficient (Wildman–Crippen LogP) is 1.97. The molecule has 88 valence electrons. The standard InChI is InChI=1S/C11H14FNO3/c1-2-16-6-5-13-10-4-3-8(12)7-9(10)11(14)15/h3-4,7,13H,2,5-6H2,1H3,(H,14,15). The van der Waals surface area contributed by atoms with Gasteiger partial charge in [-0.1, -0.05) is 0 Å². The number of ether oxygens (including phenoxy) is 1. The Hall–Kier alpha value is -1.62. The predicted molar refractivity (Wildman–Crippen MR) is 58.3 cm³/mol. The Balaban J connectivity index is 2.67. The maximum atomic E-state index is 12.8. The summed E-state index contributed by atoms with van der Waals surface area (Å²) >= 11 is 0. The molecule has 1 rings (SSSR count). The zero-order valence-electron chi connectivity index (χ0n) is 9.00. The van der Waals surface area contributed by atoms with Crippen LogP contribution in [0.4, 0.5) is 10.1 Å². The summed E-state index contributed by atoms with van der Waals surface area (Å²) < 4.78 is 17.9. The minimum atomic E-state index is -1.15. The number of nitrogens with one attached hydrogen (secondary N) is 1. The van der Waals surface area contributed by atoms with E-state index < -0.39 is 11.8 Å². The molecule has 0 aliphatic rings. The van der Waals surface area contributed by atoms with Gasteiger partial charge >= 0.3 is 5.97 Å². The summed E-state index contributed by atoms with van der Waals surface area (Å²) in [5, 5.41) is 11.7. The zero-order chi connectivity index (χ0) is 12.0. The molecular formula is C11H14FNO3. The van der Waals surface area contributed by atoms with E-state index in [1.165, 1.54) is 12.1 Å². The van der Waals surface area contributed by atoms with E-state index in [0.29, 0.717) is 25.4 Å². The van der Waals surface area contributed by atoms with E-state index in [0.717, 1.165) is 6.07 Å². The number of hydrogen-bond donors (Lipinski definition) is 2. The average Bonchev–Trinajstić information content (AvgIpc) is 2.26. The average molecular weight is 227 g/mol. The topological polar surface area (TPSA) is 58.6 Å². The first-order valence-corrected chi connectivity index (χ1v) is 4.99. The number of carboxylic acid groups (broad SMARTS) is 1. The van der Waals surface area contributed by atoms with Gasteiger partial charge in [0.2, 0.25) is 0 Å². The second-order valence-electron chi connectivity index (χ2n) is 3.12. The molecule has 0 saturated heterocycles. The number of carbonyl (C=O) groups is 1. The number of anilines is 1. The van der Waals surface area contributed by atoms with E-state index in [4.69, 9.17) is 9.84 Å². The van der Waals surface area contributed by atoms with Crippen molar-refractivity contribution in [2.75, 3.05) is 25.1 Å². The lowest BCUT2D eigenvalue weighted by molar-refractivity contribution is 0.0697. The second-order valence-corrected chi connectivity index (χ2v) is 3.12. The van der Waals surface area contributed by atoms with Gasteiger partial charge < -0.3 is 15.2 Å². The molecule has 0 saturated carbocycles. The van der Waals surface area contributed by atoms with Gasteiger partial charge in [0.15, 0.2) is 0 Å². The van der Waals surface area contributed by atoms with Crippen LogP contribution in [0, 0.1) is 5.82 Å². The molecule has 0 radical (unpaired) electrons. The van der Waals surface area contributed by atoms with Crippen LogP contribution in [0.15, 0.2) is 18.2 Å². The van der Waals surface area contributed by atoms with Crippen LogP contribution in [-0.2, 0) is 4.74 Å². The van der Waals surface area contributed by atoms with Gasteiger partial charge in [-0.3, -0.25) is 0 Å². The molecule has 0 unspecified atom stereocenters. The molecule has 0 amide bonds. The third-order valence-electron chi connectivity index (χ3n) is 1.98. The fraction of sp³-hybridized carbons (Fsp3) is 0.364. The quantitative estimate of drug-likeness (QED) is 0.729. The highest BCUT2D eigenvalue weighted by molar-refractivity contribution is 5.94. The minimum absolute atomic E-state index is 0.0727. The zero-order valence-corrected chi connectivity index (χ0v) is 9.00. The lowest BCUT2D eigenvalue weighted by atomic mass is 10.1. The SMILES string of the molecule is CCOCCNc1ccc(F)cc1C(=O)O. The summed E-state index contributed by atoms with van der Waals surface area (Å²) in [5.41, 5.74) is 0.324. The number of rotatable bonds is 6. The van der Waals surface area contributed by atoms with Crippen LogP contribution in [-0.4, -0.2) is 30.8 Å². The first kappa shape index (κ1) is 12.4. The second kappa shape index (κ2) is 6.07. The number of benzene rings is 1. The van der Waals surface area contributed by atoms with E-state index >= 15 is 0 Å². The van der Waals surface area contributed by atoms with Crippen molar-refractivity contribution in [3.63, 3.8) is 0 Å². The van der Waals surface area contributed by atoms with Crippen LogP contribution in [0.1, 0.15) is 17.3 Å². The summed E-state index contributed by atoms with van der Waals surface area (Å²) in [6.45, 7) is 3.45. The molecule has 1 aromatic carbocycles. The van der Waals surface area contributed by atoms with E-state index in [1.807, 2.05) is 6.92 Å². The molecule has 0 fully saturated rings. The highest BCUT2D eigenvalue weighted by Gasteiger charge is 2.10. The van der Waals surface area contributed by atoms with Crippen LogP contribution >= 0.6 is 0 Å². The van der Waals surface area contributed by atoms with Crippen LogP contribution in [0.25, 0.3) is 0 Å². The molecular weight excluding hydrogens is 213 g/mol. The molecule has 0 spiro atoms. The Bertz CT molecular complexity index is 368. The molecule has 0 aliphatic carbocycles. The fourth-order valence-corrected chi connectivity index (χ4v) is 1.25. The van der Waals surface area contributed by atoms with Crippen LogP contribution < -0.4 is 5.32 Å². The summed E-state index contributed by atoms with van der Waals surface area (Å²) in [7, 11) is 0. The van der Waals surface area contributed by atoms with Gasteiger partial charge in [0.25, 0.3) is 0 Å². The van der Waals surface area contributed by atoms with Crippen LogP contribution in [0.5, 0.6) is 0 Å². The van der Waals surface area contributed by atoms with Gasteiger partial charge in [-0.05, 0) is 25.1 Å². The Labute approximate surface area is 93.0 Å². The number of halogens is 1. The summed E-state index contributed by atoms with van der Waals surface area (Å²) in [4.78, 5) is 10.8. The monoisotopic (exact) mass is 227 g/mol. The van der Waals surface area contributed by atoms with Gasteiger partial charge in [0, 0.05) is 18.8 Å². The van der Waals surface area contributed by atoms with Crippen molar-refractivity contribution < 1.29 is 19.0 Å². The van der Waals surface area contributed by atoms with Crippen molar-refractivity contribution in [1.29, 1.82) is 0 Å². The van der Waals surface area contributed by atoms with Crippen molar-refractivity contribution in [1.82, 2.24) is 0 Å². The van der Waals surface area contributed by atoms with Gasteiger partial charge in [0.05, 0.1) is 12.2 Å². The number of carboxylic acids is 1. The molecule has 1 aromatic rings. The molecule has 2 N–H and O–H groups in total. The van der Waals surface area contributed by atoms with Gasteiger partial charge in [-0.25, -0.2) is 9.18 Å². The first-order valence-electron chi connectivity index (χ1n) is 4.99. The number of hydrogen-bond acceptors (Lipinski definition) is 3. The molecule has 0 atom stereocenters. The smallest absolute Gasteiger partial charge is 0.337 e. The molecule has 0 heterocycles. The first-order chi connectivity index (χ1) is 7.65. The van der Waals surface area contributed by atoms with Gasteiger partial charge in [-0.2, -0.15) is 0 Å². The summed E-state index contributed by atoms with van der Waals surface area (Å²) in [5.74, 6) is -1.72. The van der Waals surface area contributed by atoms with Crippen molar-refractivity contribution >= 4 is 11.7 Å². The van der Waals surface area contributed by atoms with Gasteiger partial charge in [-0.15, -0.1) is 0 Å². The summed E-state index contributed by atoms with van der Waals surface area (Å²) in [6, 6.07) is 3.62. The summed E-state index contributed by atoms with van der Waals surface area (Å²) in [6.07, 6.45) is 0. The lowest BCUT2D eigenvalue weighted by Crippen LogP contribution is -2.12. The number of aromatic carboxylic acids is 1. The lowest BCUT2D eigenvalue weighted by Gasteiger charge is -2.09. The van der Waals surface area contributed by atoms with Crippen molar-refractivity contribution in [2.45, 2.75) is 6.92 Å². The van der Waals surface area contributed by atoms with E-state index in [2.05, 4.69) is 5.32 Å². The highest BCUT2D eigenvalue weighted by Crippen LogP contribution is 2.16. The molecule has 5 heteroatoms. The van der Waals surface area contributed by atoms with Crippen molar-refractivity contribution in [2.24, 2.45) is 0 Å². The Kier molecular flexibility index (Phi) is 4.72.